The summed E-state index contributed by atoms with van der Waals surface area (Å²) >= 11 is 0. The SMILES string of the molecule is COC(=O)C1(NC(=O)NCCc2ccc(O)cc2)c2ccccc2CCc2ccccc21. The summed E-state index contributed by atoms with van der Waals surface area (Å²) in [7, 11) is 1.34. The molecule has 0 bridgehead atoms. The summed E-state index contributed by atoms with van der Waals surface area (Å²) in [4.78, 5) is 26.4. The van der Waals surface area contributed by atoms with Crippen LogP contribution in [0.3, 0.4) is 0 Å². The molecule has 1 aliphatic carbocycles. The maximum Gasteiger partial charge on any atom is 0.341 e. The second-order valence-corrected chi connectivity index (χ2v) is 7.85. The maximum absolute atomic E-state index is 13.3. The molecule has 6 nitrogen and oxygen atoms in total. The highest BCUT2D eigenvalue weighted by Crippen LogP contribution is 2.38. The molecule has 0 saturated carbocycles. The summed E-state index contributed by atoms with van der Waals surface area (Å²) in [6.45, 7) is 0.372. The first kappa shape index (κ1) is 21.4. The van der Waals surface area contributed by atoms with Gasteiger partial charge in [-0.3, -0.25) is 0 Å². The molecule has 1 aliphatic rings. The summed E-state index contributed by atoms with van der Waals surface area (Å²) < 4.78 is 5.24. The van der Waals surface area contributed by atoms with Crippen LogP contribution in [0.5, 0.6) is 5.75 Å². The van der Waals surface area contributed by atoms with Crippen molar-refractivity contribution in [2.24, 2.45) is 0 Å². The molecule has 0 saturated heterocycles. The molecule has 0 atom stereocenters. The Kier molecular flexibility index (Phi) is 6.12. The van der Waals surface area contributed by atoms with Crippen LogP contribution in [0.15, 0.2) is 72.8 Å². The Morgan fingerprint density at radius 1 is 0.906 bits per heavy atom. The Bertz CT molecular complexity index is 1080. The number of hydrogen-bond donors (Lipinski definition) is 3. The minimum Gasteiger partial charge on any atom is -0.508 e. The predicted octanol–water partition coefficient (Wildman–Crippen LogP) is 3.45. The van der Waals surface area contributed by atoms with E-state index < -0.39 is 17.5 Å². The normalized spacial score (nSPS) is 13.8. The summed E-state index contributed by atoms with van der Waals surface area (Å²) in [5, 5.41) is 15.2. The van der Waals surface area contributed by atoms with Gasteiger partial charge in [0.25, 0.3) is 0 Å². The zero-order valence-corrected chi connectivity index (χ0v) is 17.9. The number of ether oxygens (including phenoxy) is 1. The average molecular weight is 431 g/mol. The van der Waals surface area contributed by atoms with Crippen LogP contribution in [0.1, 0.15) is 27.8 Å². The number of carbonyl (C=O) groups is 2. The van der Waals surface area contributed by atoms with Crippen molar-refractivity contribution >= 4 is 12.0 Å². The van der Waals surface area contributed by atoms with Gasteiger partial charge in [-0.25, -0.2) is 9.59 Å². The van der Waals surface area contributed by atoms with E-state index in [2.05, 4.69) is 10.6 Å². The smallest absolute Gasteiger partial charge is 0.341 e. The van der Waals surface area contributed by atoms with E-state index in [4.69, 9.17) is 4.74 Å². The minimum atomic E-state index is -1.44. The molecule has 164 valence electrons. The quantitative estimate of drug-likeness (QED) is 0.541. The number of aryl methyl sites for hydroxylation is 2. The Balaban J connectivity index is 1.66. The predicted molar refractivity (Wildman–Crippen MR) is 121 cm³/mol. The van der Waals surface area contributed by atoms with Gasteiger partial charge in [0.1, 0.15) is 5.75 Å². The number of nitrogens with one attached hydrogen (secondary N) is 2. The number of fused-ring (bicyclic) bond motifs is 2. The van der Waals surface area contributed by atoms with Gasteiger partial charge < -0.3 is 20.5 Å². The zero-order chi connectivity index (χ0) is 22.6. The Morgan fingerprint density at radius 3 is 2.03 bits per heavy atom. The topological polar surface area (TPSA) is 87.7 Å². The molecule has 3 N–H and O–H groups in total. The number of amides is 2. The van der Waals surface area contributed by atoms with Crippen LogP contribution in [-0.4, -0.2) is 30.8 Å². The van der Waals surface area contributed by atoms with Gasteiger partial charge in [-0.05, 0) is 59.2 Å². The first-order valence-electron chi connectivity index (χ1n) is 10.6. The first-order valence-corrected chi connectivity index (χ1v) is 10.6. The maximum atomic E-state index is 13.3. The molecular formula is C26H26N2O4. The van der Waals surface area contributed by atoms with E-state index in [1.165, 1.54) is 7.11 Å². The fourth-order valence-corrected chi connectivity index (χ4v) is 4.38. The van der Waals surface area contributed by atoms with Crippen LogP contribution in [0.2, 0.25) is 0 Å². The third-order valence-electron chi connectivity index (χ3n) is 5.93. The van der Waals surface area contributed by atoms with Crippen molar-refractivity contribution in [1.29, 1.82) is 0 Å². The molecule has 6 heteroatoms. The third-order valence-corrected chi connectivity index (χ3v) is 5.93. The fraction of sp³-hybridized carbons (Fsp3) is 0.231. The second kappa shape index (κ2) is 9.14. The molecule has 0 aromatic heterocycles. The van der Waals surface area contributed by atoms with Crippen LogP contribution in [0, 0.1) is 0 Å². The Morgan fingerprint density at radius 2 is 1.47 bits per heavy atom. The van der Waals surface area contributed by atoms with Crippen LogP contribution in [0.25, 0.3) is 0 Å². The molecule has 2 amide bonds. The highest BCUT2D eigenvalue weighted by Gasteiger charge is 2.48. The van der Waals surface area contributed by atoms with Crippen molar-refractivity contribution in [2.75, 3.05) is 13.7 Å². The van der Waals surface area contributed by atoms with E-state index in [0.29, 0.717) is 13.0 Å². The van der Waals surface area contributed by atoms with Gasteiger partial charge in [0.05, 0.1) is 7.11 Å². The van der Waals surface area contributed by atoms with Gasteiger partial charge in [0.15, 0.2) is 5.54 Å². The standard InChI is InChI=1S/C26H26N2O4/c1-32-24(30)26(28-25(31)27-17-16-18-10-14-21(29)15-11-18)22-8-4-2-6-19(22)12-13-20-7-3-5-9-23(20)26/h2-11,14-15,29H,12-13,16-17H2,1H3,(H2,27,28,31). The van der Waals surface area contributed by atoms with Crippen LogP contribution < -0.4 is 10.6 Å². The van der Waals surface area contributed by atoms with Crippen LogP contribution in [-0.2, 0) is 34.3 Å². The number of phenolic OH excluding ortho intramolecular Hbond substituents is 1. The number of esters is 1. The molecular weight excluding hydrogens is 404 g/mol. The molecule has 32 heavy (non-hydrogen) atoms. The van der Waals surface area contributed by atoms with Crippen molar-refractivity contribution in [3.8, 4) is 5.75 Å². The minimum absolute atomic E-state index is 0.199. The first-order chi connectivity index (χ1) is 15.5. The monoisotopic (exact) mass is 430 g/mol. The lowest BCUT2D eigenvalue weighted by atomic mass is 9.80. The average Bonchev–Trinajstić information content (AvgIpc) is 2.96. The van der Waals surface area contributed by atoms with Gasteiger partial charge in [0.2, 0.25) is 0 Å². The third kappa shape index (κ3) is 4.04. The second-order valence-electron chi connectivity index (χ2n) is 7.85. The molecule has 3 aromatic carbocycles. The Hall–Kier alpha value is -3.80. The van der Waals surface area contributed by atoms with E-state index in [-0.39, 0.29) is 5.75 Å². The van der Waals surface area contributed by atoms with Crippen molar-refractivity contribution in [2.45, 2.75) is 24.8 Å². The molecule has 0 unspecified atom stereocenters. The van der Waals surface area contributed by atoms with Crippen LogP contribution >= 0.6 is 0 Å². The van der Waals surface area contributed by atoms with Gasteiger partial charge in [-0.2, -0.15) is 0 Å². The highest BCUT2D eigenvalue weighted by atomic mass is 16.5. The number of methoxy groups -OCH3 is 1. The van der Waals surface area contributed by atoms with Crippen molar-refractivity contribution < 1.29 is 19.4 Å². The van der Waals surface area contributed by atoms with Crippen LogP contribution in [0.4, 0.5) is 4.79 Å². The van der Waals surface area contributed by atoms with E-state index in [0.717, 1.165) is 40.7 Å². The fourth-order valence-electron chi connectivity index (χ4n) is 4.38. The van der Waals surface area contributed by atoms with E-state index in [1.807, 2.05) is 60.7 Å². The number of hydrogen-bond acceptors (Lipinski definition) is 4. The molecule has 4 rings (SSSR count). The molecule has 0 heterocycles. The lowest BCUT2D eigenvalue weighted by molar-refractivity contribution is -0.146. The molecule has 0 radical (unpaired) electrons. The van der Waals surface area contributed by atoms with Gasteiger partial charge >= 0.3 is 12.0 Å². The van der Waals surface area contributed by atoms with E-state index in [9.17, 15) is 14.7 Å². The van der Waals surface area contributed by atoms with E-state index >= 15 is 0 Å². The molecule has 0 aliphatic heterocycles. The summed E-state index contributed by atoms with van der Waals surface area (Å²) in [5.74, 6) is -0.335. The number of phenols is 1. The number of benzene rings is 3. The lowest BCUT2D eigenvalue weighted by Crippen LogP contribution is -2.56. The van der Waals surface area contributed by atoms with Crippen molar-refractivity contribution in [1.82, 2.24) is 10.6 Å². The number of urea groups is 1. The van der Waals surface area contributed by atoms with Crippen molar-refractivity contribution in [3.05, 3.63) is 101 Å². The highest BCUT2D eigenvalue weighted by molar-refractivity contribution is 5.93. The summed E-state index contributed by atoms with van der Waals surface area (Å²) in [5.41, 5.74) is 2.99. The number of aromatic hydroxyl groups is 1. The molecule has 0 fully saturated rings. The summed E-state index contributed by atoms with van der Waals surface area (Å²) in [6.07, 6.45) is 2.11. The van der Waals surface area contributed by atoms with Crippen molar-refractivity contribution in [3.63, 3.8) is 0 Å². The number of carbonyl (C=O) groups excluding carboxylic acids is 2. The molecule has 3 aromatic rings. The van der Waals surface area contributed by atoms with E-state index in [1.54, 1.807) is 12.1 Å². The van der Waals surface area contributed by atoms with Gasteiger partial charge in [-0.15, -0.1) is 0 Å². The zero-order valence-electron chi connectivity index (χ0n) is 17.9. The largest absolute Gasteiger partial charge is 0.508 e. The lowest BCUT2D eigenvalue weighted by Gasteiger charge is -2.34. The van der Waals surface area contributed by atoms with Gasteiger partial charge in [0, 0.05) is 6.54 Å². The summed E-state index contributed by atoms with van der Waals surface area (Å²) in [6, 6.07) is 21.7. The Labute approximate surface area is 187 Å². The number of rotatable bonds is 5. The molecule has 0 spiro atoms. The van der Waals surface area contributed by atoms with Gasteiger partial charge in [-0.1, -0.05) is 60.7 Å².